The van der Waals surface area contributed by atoms with E-state index in [1.165, 1.54) is 0 Å². The Bertz CT molecular complexity index is 364. The Labute approximate surface area is 99.9 Å². The predicted octanol–water partition coefficient (Wildman–Crippen LogP) is -0.511. The molecule has 0 spiro atoms. The van der Waals surface area contributed by atoms with Gasteiger partial charge in [-0.05, 0) is 6.42 Å². The van der Waals surface area contributed by atoms with E-state index < -0.39 is 5.91 Å². The van der Waals surface area contributed by atoms with E-state index in [0.717, 1.165) is 12.1 Å². The fourth-order valence-electron chi connectivity index (χ4n) is 1.50. The van der Waals surface area contributed by atoms with Gasteiger partial charge in [0.05, 0.1) is 24.4 Å². The SMILES string of the molecule is COCCCn1nnc(CC(N)=O)c1COC. The minimum atomic E-state index is -0.425. The Morgan fingerprint density at radius 1 is 1.41 bits per heavy atom. The van der Waals surface area contributed by atoms with Crippen LogP contribution in [0.3, 0.4) is 0 Å². The molecule has 0 aliphatic carbocycles. The fraction of sp³-hybridized carbons (Fsp3) is 0.700. The average molecular weight is 242 g/mol. The lowest BCUT2D eigenvalue weighted by atomic mass is 10.2. The quantitative estimate of drug-likeness (QED) is 0.620. The summed E-state index contributed by atoms with van der Waals surface area (Å²) in [4.78, 5) is 10.9. The number of aromatic nitrogens is 3. The van der Waals surface area contributed by atoms with Gasteiger partial charge >= 0.3 is 0 Å². The third-order valence-electron chi connectivity index (χ3n) is 2.26. The summed E-state index contributed by atoms with van der Waals surface area (Å²) in [6.07, 6.45) is 0.912. The van der Waals surface area contributed by atoms with Crippen LogP contribution in [0.5, 0.6) is 0 Å². The summed E-state index contributed by atoms with van der Waals surface area (Å²) in [5, 5.41) is 7.93. The van der Waals surface area contributed by atoms with Crippen LogP contribution >= 0.6 is 0 Å². The number of primary amides is 1. The summed E-state index contributed by atoms with van der Waals surface area (Å²) in [7, 11) is 3.23. The minimum absolute atomic E-state index is 0.0863. The third kappa shape index (κ3) is 4.12. The van der Waals surface area contributed by atoms with E-state index in [2.05, 4.69) is 10.3 Å². The standard InChI is InChI=1S/C10H18N4O3/c1-16-5-3-4-14-9(7-17-2)8(12-13-14)6-10(11)15/h3-7H2,1-2H3,(H2,11,15). The zero-order valence-electron chi connectivity index (χ0n) is 10.2. The van der Waals surface area contributed by atoms with Crippen molar-refractivity contribution in [3.63, 3.8) is 0 Å². The molecule has 0 aliphatic heterocycles. The van der Waals surface area contributed by atoms with E-state index in [9.17, 15) is 4.79 Å². The van der Waals surface area contributed by atoms with Gasteiger partial charge in [0.15, 0.2) is 0 Å². The van der Waals surface area contributed by atoms with Crippen LogP contribution < -0.4 is 5.73 Å². The lowest BCUT2D eigenvalue weighted by molar-refractivity contribution is -0.117. The van der Waals surface area contributed by atoms with Crippen molar-refractivity contribution < 1.29 is 14.3 Å². The molecule has 1 rings (SSSR count). The van der Waals surface area contributed by atoms with Crippen LogP contribution in [-0.2, 0) is 33.8 Å². The van der Waals surface area contributed by atoms with E-state index in [4.69, 9.17) is 15.2 Å². The van der Waals surface area contributed by atoms with Crippen molar-refractivity contribution in [3.05, 3.63) is 11.4 Å². The molecule has 7 nitrogen and oxygen atoms in total. The minimum Gasteiger partial charge on any atom is -0.385 e. The summed E-state index contributed by atoms with van der Waals surface area (Å²) in [5.74, 6) is -0.425. The van der Waals surface area contributed by atoms with Gasteiger partial charge in [0.2, 0.25) is 5.91 Å². The largest absolute Gasteiger partial charge is 0.385 e. The second-order valence-electron chi connectivity index (χ2n) is 3.63. The first kappa shape index (κ1) is 13.6. The number of methoxy groups -OCH3 is 2. The number of amides is 1. The first-order valence-corrected chi connectivity index (χ1v) is 5.36. The molecule has 7 heteroatoms. The first-order chi connectivity index (χ1) is 8.19. The van der Waals surface area contributed by atoms with Crippen LogP contribution in [0.15, 0.2) is 0 Å². The summed E-state index contributed by atoms with van der Waals surface area (Å²) in [5.41, 5.74) is 6.52. The van der Waals surface area contributed by atoms with Gasteiger partial charge in [-0.2, -0.15) is 0 Å². The molecule has 1 aromatic rings. The van der Waals surface area contributed by atoms with Gasteiger partial charge in [-0.1, -0.05) is 5.21 Å². The number of hydrogen-bond donors (Lipinski definition) is 1. The van der Waals surface area contributed by atoms with Crippen molar-refractivity contribution in [2.45, 2.75) is 26.0 Å². The van der Waals surface area contributed by atoms with Gasteiger partial charge in [-0.15, -0.1) is 5.10 Å². The summed E-state index contributed by atoms with van der Waals surface area (Å²) in [6, 6.07) is 0. The van der Waals surface area contributed by atoms with Gasteiger partial charge in [0.25, 0.3) is 0 Å². The molecule has 0 bridgehead atoms. The van der Waals surface area contributed by atoms with Gasteiger partial charge in [-0.3, -0.25) is 4.79 Å². The topological polar surface area (TPSA) is 92.3 Å². The van der Waals surface area contributed by atoms with Gasteiger partial charge < -0.3 is 15.2 Å². The molecule has 1 heterocycles. The van der Waals surface area contributed by atoms with Gasteiger partial charge in [-0.25, -0.2) is 4.68 Å². The van der Waals surface area contributed by atoms with Crippen molar-refractivity contribution in [2.75, 3.05) is 20.8 Å². The average Bonchev–Trinajstić information content (AvgIpc) is 2.62. The molecule has 0 saturated carbocycles. The van der Waals surface area contributed by atoms with E-state index in [-0.39, 0.29) is 6.42 Å². The van der Waals surface area contributed by atoms with Crippen molar-refractivity contribution >= 4 is 5.91 Å². The smallest absolute Gasteiger partial charge is 0.223 e. The second kappa shape index (κ2) is 6.97. The Balaban J connectivity index is 2.74. The molecule has 0 saturated heterocycles. The van der Waals surface area contributed by atoms with Crippen LogP contribution in [0.4, 0.5) is 0 Å². The predicted molar refractivity (Wildman–Crippen MR) is 60.1 cm³/mol. The van der Waals surface area contributed by atoms with E-state index in [0.29, 0.717) is 25.5 Å². The number of carbonyl (C=O) groups is 1. The van der Waals surface area contributed by atoms with E-state index in [1.54, 1.807) is 18.9 Å². The molecule has 17 heavy (non-hydrogen) atoms. The molecule has 0 fully saturated rings. The Kier molecular flexibility index (Phi) is 5.58. The number of rotatable bonds is 8. The highest BCUT2D eigenvalue weighted by Gasteiger charge is 2.14. The molecule has 0 radical (unpaired) electrons. The Hall–Kier alpha value is -1.47. The first-order valence-electron chi connectivity index (χ1n) is 5.36. The maximum atomic E-state index is 10.9. The van der Waals surface area contributed by atoms with Gasteiger partial charge in [0.1, 0.15) is 0 Å². The summed E-state index contributed by atoms with van der Waals surface area (Å²) >= 11 is 0. The van der Waals surface area contributed by atoms with E-state index >= 15 is 0 Å². The summed E-state index contributed by atoms with van der Waals surface area (Å²) < 4.78 is 11.8. The van der Waals surface area contributed by atoms with E-state index in [1.807, 2.05) is 0 Å². The number of nitrogens with two attached hydrogens (primary N) is 1. The molecule has 96 valence electrons. The fourth-order valence-corrected chi connectivity index (χ4v) is 1.50. The second-order valence-corrected chi connectivity index (χ2v) is 3.63. The summed E-state index contributed by atoms with van der Waals surface area (Å²) in [6.45, 7) is 1.69. The molecular formula is C10H18N4O3. The van der Waals surface area contributed by atoms with Crippen LogP contribution in [-0.4, -0.2) is 41.7 Å². The number of ether oxygens (including phenoxy) is 2. The maximum Gasteiger partial charge on any atom is 0.223 e. The number of hydrogen-bond acceptors (Lipinski definition) is 5. The van der Waals surface area contributed by atoms with Crippen LogP contribution in [0.25, 0.3) is 0 Å². The maximum absolute atomic E-state index is 10.9. The molecule has 0 atom stereocenters. The monoisotopic (exact) mass is 242 g/mol. The molecule has 1 aromatic heterocycles. The number of carbonyl (C=O) groups excluding carboxylic acids is 1. The molecule has 0 aliphatic rings. The highest BCUT2D eigenvalue weighted by Crippen LogP contribution is 2.08. The zero-order valence-corrected chi connectivity index (χ0v) is 10.2. The molecule has 0 unspecified atom stereocenters. The molecular weight excluding hydrogens is 224 g/mol. The van der Waals surface area contributed by atoms with Crippen LogP contribution in [0.1, 0.15) is 17.8 Å². The molecule has 1 amide bonds. The van der Waals surface area contributed by atoms with Crippen molar-refractivity contribution in [1.29, 1.82) is 0 Å². The number of nitrogens with zero attached hydrogens (tertiary/aromatic N) is 3. The lowest BCUT2D eigenvalue weighted by Gasteiger charge is -2.06. The Morgan fingerprint density at radius 2 is 2.18 bits per heavy atom. The highest BCUT2D eigenvalue weighted by atomic mass is 16.5. The number of aryl methyl sites for hydroxylation is 1. The highest BCUT2D eigenvalue weighted by molar-refractivity contribution is 5.76. The van der Waals surface area contributed by atoms with Crippen LogP contribution in [0.2, 0.25) is 0 Å². The van der Waals surface area contributed by atoms with Crippen molar-refractivity contribution in [1.82, 2.24) is 15.0 Å². The lowest BCUT2D eigenvalue weighted by Crippen LogP contribution is -2.16. The third-order valence-corrected chi connectivity index (χ3v) is 2.26. The Morgan fingerprint density at radius 3 is 2.76 bits per heavy atom. The van der Waals surface area contributed by atoms with Crippen molar-refractivity contribution in [3.8, 4) is 0 Å². The molecule has 2 N–H and O–H groups in total. The molecule has 0 aromatic carbocycles. The van der Waals surface area contributed by atoms with Crippen LogP contribution in [0, 0.1) is 0 Å². The normalized spacial score (nSPS) is 10.7. The zero-order chi connectivity index (χ0) is 12.7. The van der Waals surface area contributed by atoms with Gasteiger partial charge in [0, 0.05) is 27.4 Å². The van der Waals surface area contributed by atoms with Crippen molar-refractivity contribution in [2.24, 2.45) is 5.73 Å².